The lowest BCUT2D eigenvalue weighted by molar-refractivity contribution is 0.506. The molecule has 2 aromatic heterocycles. The highest BCUT2D eigenvalue weighted by Gasteiger charge is 2.16. The molecule has 3 rings (SSSR count). The third-order valence-electron chi connectivity index (χ3n) is 5.09. The highest BCUT2D eigenvalue weighted by atomic mass is 32.2. The molecule has 7 heteroatoms. The number of benzene rings is 1. The second kappa shape index (κ2) is 8.65. The van der Waals surface area contributed by atoms with E-state index in [9.17, 15) is 8.42 Å². The summed E-state index contributed by atoms with van der Waals surface area (Å²) < 4.78 is 30.2. The summed E-state index contributed by atoms with van der Waals surface area (Å²) in [5, 5.41) is 1.19. The number of aryl methyl sites for hydroxylation is 1. The van der Waals surface area contributed by atoms with Crippen LogP contribution in [0.1, 0.15) is 25.0 Å². The summed E-state index contributed by atoms with van der Waals surface area (Å²) in [4.78, 5) is 4.13. The van der Waals surface area contributed by atoms with Crippen LogP contribution in [0.5, 0.6) is 0 Å². The molecule has 0 aliphatic rings. The van der Waals surface area contributed by atoms with Gasteiger partial charge in [-0.05, 0) is 53.6 Å². The Morgan fingerprint density at radius 3 is 2.45 bits per heavy atom. The van der Waals surface area contributed by atoms with Crippen molar-refractivity contribution >= 4 is 21.1 Å². The van der Waals surface area contributed by atoms with Gasteiger partial charge in [0.2, 0.25) is 0 Å². The second-order valence-electron chi connectivity index (χ2n) is 8.00. The molecule has 0 aliphatic heterocycles. The monoisotopic (exact) mass is 414 g/mol. The van der Waals surface area contributed by atoms with Crippen molar-refractivity contribution in [3.63, 3.8) is 0 Å². The van der Waals surface area contributed by atoms with Crippen LogP contribution in [-0.2, 0) is 23.2 Å². The second-order valence-corrected chi connectivity index (χ2v) is 9.97. The standard InChI is InChI=1S/C22H30N4O2S/c1-16(2)14-26-15-19(10-13-24-29(27,28)25(4)5)21-7-6-20(17(3)22(21)26)18-8-11-23-12-9-18/h6-9,11-12,15-16,24H,10,13-14H2,1-5H3. The van der Waals surface area contributed by atoms with E-state index in [1.807, 2.05) is 24.5 Å². The van der Waals surface area contributed by atoms with Crippen LogP contribution >= 0.6 is 0 Å². The molecule has 29 heavy (non-hydrogen) atoms. The van der Waals surface area contributed by atoms with Crippen LogP contribution < -0.4 is 4.72 Å². The number of nitrogens with one attached hydrogen (secondary N) is 1. The first-order valence-electron chi connectivity index (χ1n) is 9.89. The quantitative estimate of drug-likeness (QED) is 0.612. The van der Waals surface area contributed by atoms with Crippen molar-refractivity contribution in [1.29, 1.82) is 0 Å². The van der Waals surface area contributed by atoms with Gasteiger partial charge in [0.05, 0.1) is 5.52 Å². The fourth-order valence-corrected chi connectivity index (χ4v) is 4.29. The zero-order valence-corrected chi connectivity index (χ0v) is 18.6. The molecule has 0 unspecified atom stereocenters. The molecule has 0 saturated heterocycles. The number of pyridine rings is 1. The first-order chi connectivity index (χ1) is 13.7. The first-order valence-corrected chi connectivity index (χ1v) is 11.3. The maximum absolute atomic E-state index is 12.0. The van der Waals surface area contributed by atoms with Crippen molar-refractivity contribution in [3.8, 4) is 11.1 Å². The molecular formula is C22H30N4O2S. The predicted octanol–water partition coefficient (Wildman–Crippen LogP) is 3.61. The van der Waals surface area contributed by atoms with E-state index in [2.05, 4.69) is 53.4 Å². The van der Waals surface area contributed by atoms with E-state index >= 15 is 0 Å². The Morgan fingerprint density at radius 2 is 1.83 bits per heavy atom. The summed E-state index contributed by atoms with van der Waals surface area (Å²) in [6.45, 7) is 7.86. The third-order valence-corrected chi connectivity index (χ3v) is 6.62. The van der Waals surface area contributed by atoms with Gasteiger partial charge in [-0.15, -0.1) is 0 Å². The van der Waals surface area contributed by atoms with Crippen LogP contribution in [0.2, 0.25) is 0 Å². The number of nitrogens with zero attached hydrogens (tertiary/aromatic N) is 3. The molecule has 2 heterocycles. The van der Waals surface area contributed by atoms with Gasteiger partial charge < -0.3 is 4.57 Å². The van der Waals surface area contributed by atoms with Gasteiger partial charge in [0.1, 0.15) is 0 Å². The Kier molecular flexibility index (Phi) is 6.41. The maximum atomic E-state index is 12.0. The normalized spacial score (nSPS) is 12.4. The first kappa shape index (κ1) is 21.5. The molecule has 3 aromatic rings. The lowest BCUT2D eigenvalue weighted by Crippen LogP contribution is -2.36. The van der Waals surface area contributed by atoms with Crippen molar-refractivity contribution in [2.75, 3.05) is 20.6 Å². The molecular weight excluding hydrogens is 384 g/mol. The van der Waals surface area contributed by atoms with Gasteiger partial charge in [-0.2, -0.15) is 12.7 Å². The van der Waals surface area contributed by atoms with Crippen LogP contribution in [-0.4, -0.2) is 42.9 Å². The molecule has 0 amide bonds. The van der Waals surface area contributed by atoms with E-state index in [1.165, 1.54) is 40.4 Å². The van der Waals surface area contributed by atoms with Crippen LogP contribution in [0, 0.1) is 12.8 Å². The highest BCUT2D eigenvalue weighted by Crippen LogP contribution is 2.33. The Balaban J connectivity index is 2.00. The molecule has 156 valence electrons. The SMILES string of the molecule is Cc1c(-c2ccncc2)ccc2c(CCNS(=O)(=O)N(C)C)cn(CC(C)C)c12. The van der Waals surface area contributed by atoms with Crippen molar-refractivity contribution < 1.29 is 8.42 Å². The molecule has 0 aliphatic carbocycles. The van der Waals surface area contributed by atoms with Gasteiger partial charge in [0.25, 0.3) is 10.2 Å². The summed E-state index contributed by atoms with van der Waals surface area (Å²) >= 11 is 0. The van der Waals surface area contributed by atoms with Gasteiger partial charge in [-0.3, -0.25) is 4.98 Å². The average molecular weight is 415 g/mol. The predicted molar refractivity (Wildman–Crippen MR) is 119 cm³/mol. The number of hydrogen-bond donors (Lipinski definition) is 1. The highest BCUT2D eigenvalue weighted by molar-refractivity contribution is 7.87. The fourth-order valence-electron chi connectivity index (χ4n) is 3.68. The number of aromatic nitrogens is 2. The Bertz CT molecular complexity index is 1090. The number of hydrogen-bond acceptors (Lipinski definition) is 3. The minimum Gasteiger partial charge on any atom is -0.347 e. The van der Waals surface area contributed by atoms with Crippen LogP contribution in [0.25, 0.3) is 22.0 Å². The molecule has 1 aromatic carbocycles. The van der Waals surface area contributed by atoms with Gasteiger partial charge in [-0.1, -0.05) is 26.0 Å². The molecule has 0 spiro atoms. The van der Waals surface area contributed by atoms with E-state index in [1.54, 1.807) is 0 Å². The van der Waals surface area contributed by atoms with E-state index in [-0.39, 0.29) is 0 Å². The third kappa shape index (κ3) is 4.69. The molecule has 1 N–H and O–H groups in total. The van der Waals surface area contributed by atoms with Crippen molar-refractivity contribution in [1.82, 2.24) is 18.6 Å². The smallest absolute Gasteiger partial charge is 0.278 e. The fraction of sp³-hybridized carbons (Fsp3) is 0.409. The van der Waals surface area contributed by atoms with Gasteiger partial charge in [0.15, 0.2) is 0 Å². The maximum Gasteiger partial charge on any atom is 0.278 e. The molecule has 0 saturated carbocycles. The summed E-state index contributed by atoms with van der Waals surface area (Å²) in [6.07, 6.45) is 6.45. The van der Waals surface area contributed by atoms with E-state index in [0.717, 1.165) is 17.7 Å². The summed E-state index contributed by atoms with van der Waals surface area (Å²) in [6, 6.07) is 8.37. The largest absolute Gasteiger partial charge is 0.347 e. The number of rotatable bonds is 8. The number of fused-ring (bicyclic) bond motifs is 1. The Hall–Kier alpha value is -2.22. The molecule has 0 radical (unpaired) electrons. The van der Waals surface area contributed by atoms with E-state index < -0.39 is 10.2 Å². The molecule has 0 atom stereocenters. The van der Waals surface area contributed by atoms with Gasteiger partial charge in [-0.25, -0.2) is 4.72 Å². The van der Waals surface area contributed by atoms with Gasteiger partial charge >= 0.3 is 0 Å². The summed E-state index contributed by atoms with van der Waals surface area (Å²) in [5.41, 5.74) is 5.96. The zero-order valence-electron chi connectivity index (χ0n) is 17.8. The summed E-state index contributed by atoms with van der Waals surface area (Å²) in [5.74, 6) is 0.509. The van der Waals surface area contributed by atoms with Crippen LogP contribution in [0.15, 0.2) is 42.9 Å². The summed E-state index contributed by atoms with van der Waals surface area (Å²) in [7, 11) is -0.357. The van der Waals surface area contributed by atoms with Crippen LogP contribution in [0.3, 0.4) is 0 Å². The Morgan fingerprint density at radius 1 is 1.14 bits per heavy atom. The molecule has 0 bridgehead atoms. The molecule has 6 nitrogen and oxygen atoms in total. The molecule has 0 fully saturated rings. The lowest BCUT2D eigenvalue weighted by atomic mass is 9.98. The topological polar surface area (TPSA) is 67.2 Å². The van der Waals surface area contributed by atoms with E-state index in [4.69, 9.17) is 0 Å². The van der Waals surface area contributed by atoms with E-state index in [0.29, 0.717) is 18.9 Å². The van der Waals surface area contributed by atoms with Gasteiger partial charge in [0, 0.05) is 51.2 Å². The minimum atomic E-state index is -3.41. The minimum absolute atomic E-state index is 0.368. The van der Waals surface area contributed by atoms with Crippen molar-refractivity contribution in [3.05, 3.63) is 54.0 Å². The van der Waals surface area contributed by atoms with Crippen LogP contribution in [0.4, 0.5) is 0 Å². The Labute approximate surface area is 173 Å². The van der Waals surface area contributed by atoms with Crippen molar-refractivity contribution in [2.24, 2.45) is 5.92 Å². The van der Waals surface area contributed by atoms with Crippen molar-refractivity contribution in [2.45, 2.75) is 33.7 Å². The lowest BCUT2D eigenvalue weighted by Gasteiger charge is -2.13. The average Bonchev–Trinajstić information content (AvgIpc) is 3.00. The zero-order chi connectivity index (χ0) is 21.2.